The Kier molecular flexibility index (Phi) is 5.30. The highest BCUT2D eigenvalue weighted by Crippen LogP contribution is 2.20. The van der Waals surface area contributed by atoms with Crippen LogP contribution in [-0.2, 0) is 4.74 Å². The number of nitro benzene ring substituents is 1. The van der Waals surface area contributed by atoms with Gasteiger partial charge < -0.3 is 14.5 Å². The lowest BCUT2D eigenvalue weighted by Crippen LogP contribution is -2.51. The van der Waals surface area contributed by atoms with Gasteiger partial charge in [-0.15, -0.1) is 0 Å². The van der Waals surface area contributed by atoms with Crippen LogP contribution in [0.3, 0.4) is 0 Å². The predicted octanol–water partition coefficient (Wildman–Crippen LogP) is 2.60. The molecule has 8 heteroatoms. The lowest BCUT2D eigenvalue weighted by atomic mass is 10.1. The smallest absolute Gasteiger partial charge is 0.410 e. The molecule has 0 N–H and O–H groups in total. The molecule has 1 aromatic carbocycles. The third-order valence-electron chi connectivity index (χ3n) is 3.87. The summed E-state index contributed by atoms with van der Waals surface area (Å²) < 4.78 is 5.33. The molecule has 0 unspecified atom stereocenters. The summed E-state index contributed by atoms with van der Waals surface area (Å²) in [5, 5.41) is 10.8. The van der Waals surface area contributed by atoms with Crippen LogP contribution in [0.25, 0.3) is 0 Å². The lowest BCUT2D eigenvalue weighted by Gasteiger charge is -2.35. The molecule has 1 heterocycles. The summed E-state index contributed by atoms with van der Waals surface area (Å²) in [6.07, 6.45) is -0.383. The first-order chi connectivity index (χ1) is 11.6. The van der Waals surface area contributed by atoms with Crippen LogP contribution in [0.4, 0.5) is 10.5 Å². The SMILES string of the molecule is Cc1cc([N+](=O)[O-])ccc1C(=O)N1CCN(C(=O)OC(C)(C)C)CC1. The summed E-state index contributed by atoms with van der Waals surface area (Å²) in [6, 6.07) is 4.21. The first-order valence-corrected chi connectivity index (χ1v) is 8.11. The number of non-ortho nitro benzene ring substituents is 1. The molecule has 0 bridgehead atoms. The quantitative estimate of drug-likeness (QED) is 0.604. The molecular weight excluding hydrogens is 326 g/mol. The number of amides is 2. The molecule has 0 spiro atoms. The first kappa shape index (κ1) is 18.7. The summed E-state index contributed by atoms with van der Waals surface area (Å²) in [4.78, 5) is 38.2. The van der Waals surface area contributed by atoms with Crippen molar-refractivity contribution in [2.75, 3.05) is 26.2 Å². The molecule has 1 aromatic rings. The number of carbonyl (C=O) groups excluding carboxylic acids is 2. The number of ether oxygens (including phenoxy) is 1. The van der Waals surface area contributed by atoms with Gasteiger partial charge in [-0.3, -0.25) is 14.9 Å². The van der Waals surface area contributed by atoms with E-state index >= 15 is 0 Å². The van der Waals surface area contributed by atoms with E-state index in [4.69, 9.17) is 4.74 Å². The Morgan fingerprint density at radius 1 is 1.12 bits per heavy atom. The number of hydrogen-bond donors (Lipinski definition) is 0. The number of hydrogen-bond acceptors (Lipinski definition) is 5. The summed E-state index contributed by atoms with van der Waals surface area (Å²) in [5.74, 6) is -0.184. The van der Waals surface area contributed by atoms with E-state index in [1.165, 1.54) is 18.2 Å². The van der Waals surface area contributed by atoms with E-state index in [1.807, 2.05) is 20.8 Å². The minimum absolute atomic E-state index is 0.0382. The molecule has 0 radical (unpaired) electrons. The molecule has 1 fully saturated rings. The molecule has 0 saturated carbocycles. The monoisotopic (exact) mass is 349 g/mol. The lowest BCUT2D eigenvalue weighted by molar-refractivity contribution is -0.384. The Morgan fingerprint density at radius 2 is 1.68 bits per heavy atom. The Morgan fingerprint density at radius 3 is 2.16 bits per heavy atom. The summed E-state index contributed by atoms with van der Waals surface area (Å²) in [7, 11) is 0. The average Bonchev–Trinajstić information content (AvgIpc) is 2.52. The number of nitro groups is 1. The van der Waals surface area contributed by atoms with Gasteiger partial charge in [-0.1, -0.05) is 0 Å². The fraction of sp³-hybridized carbons (Fsp3) is 0.529. The van der Waals surface area contributed by atoms with E-state index in [-0.39, 0.29) is 17.7 Å². The summed E-state index contributed by atoms with van der Waals surface area (Å²) in [6.45, 7) is 8.69. The van der Waals surface area contributed by atoms with Gasteiger partial charge in [0.25, 0.3) is 11.6 Å². The van der Waals surface area contributed by atoms with Gasteiger partial charge >= 0.3 is 6.09 Å². The molecule has 2 rings (SSSR count). The first-order valence-electron chi connectivity index (χ1n) is 8.11. The Balaban J connectivity index is 2.00. The van der Waals surface area contributed by atoms with E-state index in [0.717, 1.165) is 0 Å². The van der Waals surface area contributed by atoms with Crippen LogP contribution in [0.1, 0.15) is 36.7 Å². The third kappa shape index (κ3) is 4.68. The van der Waals surface area contributed by atoms with Crippen LogP contribution in [0, 0.1) is 17.0 Å². The van der Waals surface area contributed by atoms with E-state index in [0.29, 0.717) is 37.3 Å². The molecule has 0 aliphatic carbocycles. The van der Waals surface area contributed by atoms with Crippen molar-refractivity contribution < 1.29 is 19.2 Å². The minimum atomic E-state index is -0.556. The fourth-order valence-electron chi connectivity index (χ4n) is 2.59. The molecule has 8 nitrogen and oxygen atoms in total. The zero-order valence-corrected chi connectivity index (χ0v) is 14.9. The van der Waals surface area contributed by atoms with Crippen molar-refractivity contribution in [2.45, 2.75) is 33.3 Å². The number of aryl methyl sites for hydroxylation is 1. The van der Waals surface area contributed by atoms with E-state index in [2.05, 4.69) is 0 Å². The number of nitrogens with zero attached hydrogens (tertiary/aromatic N) is 3. The van der Waals surface area contributed by atoms with Crippen molar-refractivity contribution in [3.05, 3.63) is 39.4 Å². The number of carbonyl (C=O) groups is 2. The minimum Gasteiger partial charge on any atom is -0.444 e. The van der Waals surface area contributed by atoms with Gasteiger partial charge in [0.1, 0.15) is 5.60 Å². The molecule has 1 aliphatic heterocycles. The van der Waals surface area contributed by atoms with Crippen molar-refractivity contribution in [3.63, 3.8) is 0 Å². The predicted molar refractivity (Wildman–Crippen MR) is 91.5 cm³/mol. The van der Waals surface area contributed by atoms with Gasteiger partial charge in [-0.05, 0) is 39.3 Å². The van der Waals surface area contributed by atoms with Crippen LogP contribution in [0.5, 0.6) is 0 Å². The maximum Gasteiger partial charge on any atom is 0.410 e. The van der Waals surface area contributed by atoms with E-state index < -0.39 is 10.5 Å². The van der Waals surface area contributed by atoms with Crippen LogP contribution >= 0.6 is 0 Å². The Labute approximate surface area is 146 Å². The van der Waals surface area contributed by atoms with Gasteiger partial charge in [-0.2, -0.15) is 0 Å². The van der Waals surface area contributed by atoms with Crippen LogP contribution in [-0.4, -0.2) is 58.5 Å². The van der Waals surface area contributed by atoms with Gasteiger partial charge in [0.05, 0.1) is 4.92 Å². The maximum atomic E-state index is 12.6. The van der Waals surface area contributed by atoms with Gasteiger partial charge in [0.2, 0.25) is 0 Å². The van der Waals surface area contributed by atoms with Crippen molar-refractivity contribution in [3.8, 4) is 0 Å². The summed E-state index contributed by atoms with van der Waals surface area (Å²) in [5.41, 5.74) is 0.411. The standard InChI is InChI=1S/C17H23N3O5/c1-12-11-13(20(23)24)5-6-14(12)15(21)18-7-9-19(10-8-18)16(22)25-17(2,3)4/h5-6,11H,7-10H2,1-4H3. The number of rotatable bonds is 2. The third-order valence-corrected chi connectivity index (χ3v) is 3.87. The molecule has 136 valence electrons. The van der Waals surface area contributed by atoms with E-state index in [1.54, 1.807) is 16.7 Å². The topological polar surface area (TPSA) is 93.0 Å². The average molecular weight is 349 g/mol. The van der Waals surface area contributed by atoms with Crippen LogP contribution in [0.15, 0.2) is 18.2 Å². The second-order valence-corrected chi connectivity index (χ2v) is 7.02. The highest BCUT2D eigenvalue weighted by atomic mass is 16.6. The van der Waals surface area contributed by atoms with Crippen molar-refractivity contribution in [1.29, 1.82) is 0 Å². The molecular formula is C17H23N3O5. The molecule has 0 aromatic heterocycles. The fourth-order valence-corrected chi connectivity index (χ4v) is 2.59. The molecule has 1 saturated heterocycles. The van der Waals surface area contributed by atoms with Gasteiger partial charge in [0.15, 0.2) is 0 Å². The number of benzene rings is 1. The molecule has 1 aliphatic rings. The molecule has 0 atom stereocenters. The zero-order valence-electron chi connectivity index (χ0n) is 14.9. The Bertz CT molecular complexity index is 688. The maximum absolute atomic E-state index is 12.6. The van der Waals surface area contributed by atoms with Crippen molar-refractivity contribution >= 4 is 17.7 Å². The number of piperazine rings is 1. The molecule has 2 amide bonds. The Hall–Kier alpha value is -2.64. The van der Waals surface area contributed by atoms with Crippen LogP contribution < -0.4 is 0 Å². The normalized spacial score (nSPS) is 15.0. The van der Waals surface area contributed by atoms with Crippen LogP contribution in [0.2, 0.25) is 0 Å². The highest BCUT2D eigenvalue weighted by molar-refractivity contribution is 5.96. The second kappa shape index (κ2) is 7.08. The highest BCUT2D eigenvalue weighted by Gasteiger charge is 2.28. The van der Waals surface area contributed by atoms with Gasteiger partial charge in [-0.25, -0.2) is 4.79 Å². The van der Waals surface area contributed by atoms with E-state index in [9.17, 15) is 19.7 Å². The van der Waals surface area contributed by atoms with Crippen molar-refractivity contribution in [1.82, 2.24) is 9.80 Å². The zero-order chi connectivity index (χ0) is 18.8. The second-order valence-electron chi connectivity index (χ2n) is 7.02. The molecule has 25 heavy (non-hydrogen) atoms. The van der Waals surface area contributed by atoms with Crippen molar-refractivity contribution in [2.24, 2.45) is 0 Å². The summed E-state index contributed by atoms with van der Waals surface area (Å²) >= 11 is 0. The largest absolute Gasteiger partial charge is 0.444 e. The van der Waals surface area contributed by atoms with Gasteiger partial charge in [0, 0.05) is 43.9 Å².